The first-order valence-corrected chi connectivity index (χ1v) is 5.13. The van der Waals surface area contributed by atoms with Crippen molar-refractivity contribution in [2.45, 2.75) is 12.5 Å². The van der Waals surface area contributed by atoms with Gasteiger partial charge in [-0.2, -0.15) is 0 Å². The molecular weight excluding hydrogens is 222 g/mol. The summed E-state index contributed by atoms with van der Waals surface area (Å²) in [5.74, 6) is -0.136. The number of hydrogen-bond donors (Lipinski definition) is 3. The van der Waals surface area contributed by atoms with Crippen LogP contribution in [0.2, 0.25) is 0 Å². The number of carboxylic acid groups (broad SMARTS) is 1. The fourth-order valence-corrected chi connectivity index (χ4v) is 2.06. The summed E-state index contributed by atoms with van der Waals surface area (Å²) in [5.41, 5.74) is 1.45. The van der Waals surface area contributed by atoms with Crippen molar-refractivity contribution in [3.63, 3.8) is 0 Å². The SMILES string of the molecule is CN(O)C(=N)C1Cc2ccccc2N1C(=O)O. The largest absolute Gasteiger partial charge is 0.465 e. The lowest BCUT2D eigenvalue weighted by Crippen LogP contribution is -2.46. The highest BCUT2D eigenvalue weighted by Gasteiger charge is 2.37. The van der Waals surface area contributed by atoms with E-state index < -0.39 is 12.1 Å². The molecule has 1 unspecified atom stereocenters. The van der Waals surface area contributed by atoms with Crippen LogP contribution >= 0.6 is 0 Å². The number of rotatable bonds is 1. The minimum Gasteiger partial charge on any atom is -0.465 e. The molecule has 0 aliphatic carbocycles. The summed E-state index contributed by atoms with van der Waals surface area (Å²) in [6.07, 6.45) is -0.710. The van der Waals surface area contributed by atoms with Crippen LogP contribution < -0.4 is 4.90 Å². The number of nitrogens with zero attached hydrogens (tertiary/aromatic N) is 2. The maximum atomic E-state index is 11.2. The zero-order valence-electron chi connectivity index (χ0n) is 9.29. The number of amides is 1. The molecule has 1 amide bonds. The number of carbonyl (C=O) groups is 1. The predicted octanol–water partition coefficient (Wildman–Crippen LogP) is 1.39. The Morgan fingerprint density at radius 2 is 2.18 bits per heavy atom. The Balaban J connectivity index is 2.40. The van der Waals surface area contributed by atoms with Crippen LogP contribution in [0.5, 0.6) is 0 Å². The number of fused-ring (bicyclic) bond motifs is 1. The average molecular weight is 235 g/mol. The Hall–Kier alpha value is -2.08. The summed E-state index contributed by atoms with van der Waals surface area (Å²) >= 11 is 0. The lowest BCUT2D eigenvalue weighted by Gasteiger charge is -2.25. The highest BCUT2D eigenvalue weighted by molar-refractivity contribution is 6.00. The van der Waals surface area contributed by atoms with E-state index in [0.717, 1.165) is 10.5 Å². The molecule has 0 fully saturated rings. The van der Waals surface area contributed by atoms with E-state index in [2.05, 4.69) is 0 Å². The molecule has 90 valence electrons. The lowest BCUT2D eigenvalue weighted by molar-refractivity contribution is 0.00886. The van der Waals surface area contributed by atoms with Crippen molar-refractivity contribution in [2.24, 2.45) is 0 Å². The van der Waals surface area contributed by atoms with E-state index in [-0.39, 0.29) is 5.84 Å². The lowest BCUT2D eigenvalue weighted by atomic mass is 10.1. The van der Waals surface area contributed by atoms with E-state index in [1.54, 1.807) is 12.1 Å². The Morgan fingerprint density at radius 1 is 1.53 bits per heavy atom. The summed E-state index contributed by atoms with van der Waals surface area (Å²) < 4.78 is 0. The van der Waals surface area contributed by atoms with Gasteiger partial charge in [0.1, 0.15) is 11.9 Å². The van der Waals surface area contributed by atoms with Gasteiger partial charge in [-0.05, 0) is 11.6 Å². The van der Waals surface area contributed by atoms with Gasteiger partial charge in [-0.1, -0.05) is 18.2 Å². The fraction of sp³-hybridized carbons (Fsp3) is 0.273. The standard InChI is InChI=1S/C11H13N3O3/c1-13(17)10(12)9-6-7-4-2-3-5-8(7)14(9)11(15)16/h2-5,9,12,17H,6H2,1H3,(H,15,16). The smallest absolute Gasteiger partial charge is 0.412 e. The number of para-hydroxylation sites is 1. The molecule has 0 aromatic heterocycles. The molecule has 17 heavy (non-hydrogen) atoms. The molecule has 1 aliphatic rings. The first-order chi connectivity index (χ1) is 8.02. The van der Waals surface area contributed by atoms with Gasteiger partial charge in [-0.25, -0.2) is 9.86 Å². The van der Waals surface area contributed by atoms with Gasteiger partial charge < -0.3 is 5.11 Å². The Labute approximate surface area is 98.2 Å². The van der Waals surface area contributed by atoms with Gasteiger partial charge in [0.05, 0.1) is 5.69 Å². The van der Waals surface area contributed by atoms with Crippen molar-refractivity contribution in [2.75, 3.05) is 11.9 Å². The minimum atomic E-state index is -1.12. The number of likely N-dealkylation sites (N-methyl/N-ethyl adjacent to an activating group) is 1. The van der Waals surface area contributed by atoms with Gasteiger partial charge in [0, 0.05) is 13.5 Å². The van der Waals surface area contributed by atoms with Crippen LogP contribution in [0.3, 0.4) is 0 Å². The third kappa shape index (κ3) is 1.83. The molecule has 1 atom stereocenters. The zero-order valence-corrected chi connectivity index (χ0v) is 9.29. The van der Waals surface area contributed by atoms with Crippen LogP contribution in [0.15, 0.2) is 24.3 Å². The molecule has 2 rings (SSSR count). The second kappa shape index (κ2) is 4.06. The van der Waals surface area contributed by atoms with Crippen molar-refractivity contribution >= 4 is 17.6 Å². The summed E-state index contributed by atoms with van der Waals surface area (Å²) in [4.78, 5) is 12.3. The fourth-order valence-electron chi connectivity index (χ4n) is 2.06. The van der Waals surface area contributed by atoms with E-state index in [9.17, 15) is 15.1 Å². The van der Waals surface area contributed by atoms with Gasteiger partial charge in [0.2, 0.25) is 0 Å². The molecule has 6 nitrogen and oxygen atoms in total. The van der Waals surface area contributed by atoms with Gasteiger partial charge in [0.15, 0.2) is 0 Å². The highest BCUT2D eigenvalue weighted by atomic mass is 16.5. The number of amidine groups is 1. The van der Waals surface area contributed by atoms with Gasteiger partial charge in [-0.15, -0.1) is 0 Å². The van der Waals surface area contributed by atoms with E-state index >= 15 is 0 Å². The van der Waals surface area contributed by atoms with Crippen LogP contribution in [0.25, 0.3) is 0 Å². The molecule has 6 heteroatoms. The van der Waals surface area contributed by atoms with Gasteiger partial charge in [0.25, 0.3) is 0 Å². The molecule has 1 aromatic rings. The molecule has 3 N–H and O–H groups in total. The molecule has 0 spiro atoms. The third-order valence-corrected chi connectivity index (χ3v) is 2.85. The van der Waals surface area contributed by atoms with Crippen molar-refractivity contribution < 1.29 is 15.1 Å². The molecule has 1 aliphatic heterocycles. The average Bonchev–Trinajstić information content (AvgIpc) is 2.66. The van der Waals surface area contributed by atoms with Crippen molar-refractivity contribution in [3.05, 3.63) is 29.8 Å². The summed E-state index contributed by atoms with van der Waals surface area (Å²) in [6, 6.07) is 6.45. The first kappa shape index (κ1) is 11.4. The zero-order chi connectivity index (χ0) is 12.6. The Kier molecular flexibility index (Phi) is 2.72. The van der Waals surface area contributed by atoms with E-state index in [1.165, 1.54) is 7.05 Å². The van der Waals surface area contributed by atoms with E-state index in [0.29, 0.717) is 17.2 Å². The minimum absolute atomic E-state index is 0.136. The number of hydroxylamine groups is 2. The van der Waals surface area contributed by atoms with Gasteiger partial charge >= 0.3 is 6.09 Å². The van der Waals surface area contributed by atoms with Crippen molar-refractivity contribution in [3.8, 4) is 0 Å². The van der Waals surface area contributed by atoms with Crippen LogP contribution in [0.1, 0.15) is 5.56 Å². The van der Waals surface area contributed by atoms with Crippen molar-refractivity contribution in [1.29, 1.82) is 5.41 Å². The Bertz CT molecular complexity index is 473. The number of hydrogen-bond acceptors (Lipinski definition) is 3. The van der Waals surface area contributed by atoms with Gasteiger partial charge in [-0.3, -0.25) is 15.5 Å². The molecule has 1 heterocycles. The molecule has 1 aromatic carbocycles. The molecule has 0 radical (unpaired) electrons. The topological polar surface area (TPSA) is 87.9 Å². The maximum Gasteiger partial charge on any atom is 0.412 e. The molecular formula is C11H13N3O3. The van der Waals surface area contributed by atoms with Crippen LogP contribution in [-0.4, -0.2) is 40.4 Å². The number of benzene rings is 1. The predicted molar refractivity (Wildman–Crippen MR) is 61.7 cm³/mol. The van der Waals surface area contributed by atoms with E-state index in [4.69, 9.17) is 5.41 Å². The van der Waals surface area contributed by atoms with Crippen molar-refractivity contribution in [1.82, 2.24) is 5.06 Å². The maximum absolute atomic E-state index is 11.2. The monoisotopic (exact) mass is 235 g/mol. The van der Waals surface area contributed by atoms with Crippen LogP contribution in [0, 0.1) is 5.41 Å². The summed E-state index contributed by atoms with van der Waals surface area (Å²) in [5, 5.41) is 26.8. The van der Waals surface area contributed by atoms with Crippen LogP contribution in [-0.2, 0) is 6.42 Å². The molecule has 0 saturated carbocycles. The second-order valence-electron chi connectivity index (χ2n) is 3.91. The third-order valence-electron chi connectivity index (χ3n) is 2.85. The second-order valence-corrected chi connectivity index (χ2v) is 3.91. The first-order valence-electron chi connectivity index (χ1n) is 5.13. The Morgan fingerprint density at radius 3 is 2.76 bits per heavy atom. The molecule has 0 bridgehead atoms. The van der Waals surface area contributed by atoms with Crippen LogP contribution in [0.4, 0.5) is 10.5 Å². The number of nitrogens with one attached hydrogen (secondary N) is 1. The normalized spacial score (nSPS) is 17.8. The quantitative estimate of drug-likeness (QED) is 0.390. The van der Waals surface area contributed by atoms with E-state index in [1.807, 2.05) is 12.1 Å². The molecule has 0 saturated heterocycles. The summed E-state index contributed by atoms with van der Waals surface area (Å²) in [7, 11) is 1.31. The highest BCUT2D eigenvalue weighted by Crippen LogP contribution is 2.32. The summed E-state index contributed by atoms with van der Waals surface area (Å²) in [6.45, 7) is 0. The number of anilines is 1.